The van der Waals surface area contributed by atoms with Crippen molar-refractivity contribution < 1.29 is 4.74 Å². The van der Waals surface area contributed by atoms with Gasteiger partial charge in [-0.05, 0) is 41.1 Å². The minimum absolute atomic E-state index is 0.285. The fourth-order valence-corrected chi connectivity index (χ4v) is 4.14. The van der Waals surface area contributed by atoms with Gasteiger partial charge >= 0.3 is 0 Å². The highest BCUT2D eigenvalue weighted by Gasteiger charge is 2.29. The Morgan fingerprint density at radius 2 is 1.89 bits per heavy atom. The summed E-state index contributed by atoms with van der Waals surface area (Å²) < 4.78 is 5.21. The number of rotatable bonds is 5. The summed E-state index contributed by atoms with van der Waals surface area (Å²) in [5.41, 5.74) is 10.9. The standard InChI is InChI=1S/C23H23ClN2O/c1-27-18-10-8-16(9-11-18)5-4-12-26-17(15-24)13-21-19-6-2-3-7-20(19)22(25)14-23(21)26/h2-11,14,17H,12-13,15,25H2,1H3/b5-4+. The summed E-state index contributed by atoms with van der Waals surface area (Å²) in [6.07, 6.45) is 5.27. The second-order valence-electron chi connectivity index (χ2n) is 6.85. The van der Waals surface area contributed by atoms with Gasteiger partial charge < -0.3 is 15.4 Å². The summed E-state index contributed by atoms with van der Waals surface area (Å²) in [4.78, 5) is 2.37. The number of methoxy groups -OCH3 is 1. The van der Waals surface area contributed by atoms with Gasteiger partial charge in [0.05, 0.1) is 7.11 Å². The van der Waals surface area contributed by atoms with Crippen LogP contribution in [-0.2, 0) is 6.42 Å². The van der Waals surface area contributed by atoms with Gasteiger partial charge in [-0.15, -0.1) is 11.6 Å². The maximum atomic E-state index is 6.34. The van der Waals surface area contributed by atoms with Crippen molar-refractivity contribution in [2.75, 3.05) is 30.2 Å². The van der Waals surface area contributed by atoms with Crippen molar-refractivity contribution in [1.29, 1.82) is 0 Å². The lowest BCUT2D eigenvalue weighted by Crippen LogP contribution is -2.33. The monoisotopic (exact) mass is 378 g/mol. The van der Waals surface area contributed by atoms with Crippen LogP contribution in [0.1, 0.15) is 11.1 Å². The van der Waals surface area contributed by atoms with Gasteiger partial charge in [-0.1, -0.05) is 48.6 Å². The van der Waals surface area contributed by atoms with Crippen LogP contribution in [0.15, 0.2) is 60.7 Å². The van der Waals surface area contributed by atoms with Crippen molar-refractivity contribution in [3.8, 4) is 5.75 Å². The molecule has 0 aliphatic carbocycles. The second-order valence-corrected chi connectivity index (χ2v) is 7.16. The highest BCUT2D eigenvalue weighted by Crippen LogP contribution is 2.40. The first-order valence-corrected chi connectivity index (χ1v) is 9.68. The van der Waals surface area contributed by atoms with Crippen molar-refractivity contribution >= 4 is 39.8 Å². The maximum Gasteiger partial charge on any atom is 0.118 e. The van der Waals surface area contributed by atoms with Crippen LogP contribution in [-0.4, -0.2) is 25.6 Å². The lowest BCUT2D eigenvalue weighted by atomic mass is 10.00. The van der Waals surface area contributed by atoms with Crippen LogP contribution in [0.5, 0.6) is 5.75 Å². The highest BCUT2D eigenvalue weighted by molar-refractivity contribution is 6.18. The van der Waals surface area contributed by atoms with Gasteiger partial charge in [0.15, 0.2) is 0 Å². The first-order valence-electron chi connectivity index (χ1n) is 9.14. The quantitative estimate of drug-likeness (QED) is 0.495. The van der Waals surface area contributed by atoms with Crippen LogP contribution in [0.2, 0.25) is 0 Å². The van der Waals surface area contributed by atoms with Gasteiger partial charge in [0.25, 0.3) is 0 Å². The molecule has 1 atom stereocenters. The van der Waals surface area contributed by atoms with E-state index in [0.29, 0.717) is 5.88 Å². The van der Waals surface area contributed by atoms with E-state index in [9.17, 15) is 0 Å². The molecule has 0 saturated heterocycles. The average molecular weight is 379 g/mol. The van der Waals surface area contributed by atoms with E-state index < -0.39 is 0 Å². The lowest BCUT2D eigenvalue weighted by Gasteiger charge is -2.25. The predicted octanol–water partition coefficient (Wildman–Crippen LogP) is 5.11. The number of nitrogens with two attached hydrogens (primary N) is 1. The third kappa shape index (κ3) is 3.35. The fourth-order valence-electron chi connectivity index (χ4n) is 3.86. The Hall–Kier alpha value is -2.65. The molecule has 3 nitrogen and oxygen atoms in total. The lowest BCUT2D eigenvalue weighted by molar-refractivity contribution is 0.415. The Morgan fingerprint density at radius 3 is 2.59 bits per heavy atom. The number of hydrogen-bond acceptors (Lipinski definition) is 3. The number of hydrogen-bond donors (Lipinski definition) is 1. The molecule has 0 amide bonds. The fraction of sp³-hybridized carbons (Fsp3) is 0.217. The van der Waals surface area contributed by atoms with Gasteiger partial charge in [0.2, 0.25) is 0 Å². The number of halogens is 1. The van der Waals surface area contributed by atoms with Crippen molar-refractivity contribution in [1.82, 2.24) is 0 Å². The normalized spacial score (nSPS) is 16.2. The molecular weight excluding hydrogens is 356 g/mol. The van der Waals surface area contributed by atoms with Crippen molar-refractivity contribution in [3.63, 3.8) is 0 Å². The summed E-state index contributed by atoms with van der Waals surface area (Å²) >= 11 is 6.30. The van der Waals surface area contributed by atoms with Crippen molar-refractivity contribution in [3.05, 3.63) is 71.8 Å². The van der Waals surface area contributed by atoms with Crippen LogP contribution < -0.4 is 15.4 Å². The molecule has 0 spiro atoms. The topological polar surface area (TPSA) is 38.5 Å². The molecule has 0 aromatic heterocycles. The van der Waals surface area contributed by atoms with Crippen LogP contribution >= 0.6 is 11.6 Å². The molecule has 0 bridgehead atoms. The van der Waals surface area contributed by atoms with Gasteiger partial charge in [-0.3, -0.25) is 0 Å². The van der Waals surface area contributed by atoms with Gasteiger partial charge in [0, 0.05) is 35.2 Å². The molecule has 4 rings (SSSR count). The number of anilines is 2. The highest BCUT2D eigenvalue weighted by atomic mass is 35.5. The van der Waals surface area contributed by atoms with E-state index in [4.69, 9.17) is 22.1 Å². The van der Waals surface area contributed by atoms with Gasteiger partial charge in [0.1, 0.15) is 5.75 Å². The number of benzene rings is 3. The van der Waals surface area contributed by atoms with E-state index in [0.717, 1.165) is 35.4 Å². The van der Waals surface area contributed by atoms with Crippen molar-refractivity contribution in [2.24, 2.45) is 0 Å². The van der Waals surface area contributed by atoms with E-state index in [-0.39, 0.29) is 6.04 Å². The van der Waals surface area contributed by atoms with E-state index in [1.54, 1.807) is 7.11 Å². The van der Waals surface area contributed by atoms with Crippen LogP contribution in [0.3, 0.4) is 0 Å². The summed E-state index contributed by atoms with van der Waals surface area (Å²) in [6, 6.07) is 18.8. The minimum Gasteiger partial charge on any atom is -0.497 e. The molecule has 0 saturated carbocycles. The number of nitrogens with zero attached hydrogens (tertiary/aromatic N) is 1. The summed E-state index contributed by atoms with van der Waals surface area (Å²) in [5, 5.41) is 2.37. The van der Waals surface area contributed by atoms with E-state index in [1.807, 2.05) is 18.2 Å². The summed E-state index contributed by atoms with van der Waals surface area (Å²) in [5.74, 6) is 1.46. The molecule has 4 heteroatoms. The number of nitrogen functional groups attached to an aromatic ring is 1. The summed E-state index contributed by atoms with van der Waals surface area (Å²) in [7, 11) is 1.68. The van der Waals surface area contributed by atoms with Crippen LogP contribution in [0, 0.1) is 0 Å². The second kappa shape index (κ2) is 7.53. The Kier molecular flexibility index (Phi) is 4.95. The maximum absolute atomic E-state index is 6.34. The minimum atomic E-state index is 0.285. The molecule has 1 aliphatic rings. The molecule has 3 aromatic carbocycles. The van der Waals surface area contributed by atoms with E-state index in [2.05, 4.69) is 53.5 Å². The third-order valence-corrected chi connectivity index (χ3v) is 5.62. The van der Waals surface area contributed by atoms with Crippen molar-refractivity contribution in [2.45, 2.75) is 12.5 Å². The van der Waals surface area contributed by atoms with Gasteiger partial charge in [-0.2, -0.15) is 0 Å². The molecule has 0 radical (unpaired) electrons. The number of ether oxygens (including phenoxy) is 1. The smallest absolute Gasteiger partial charge is 0.118 e. The number of fused-ring (bicyclic) bond motifs is 3. The largest absolute Gasteiger partial charge is 0.497 e. The Balaban J connectivity index is 1.62. The average Bonchev–Trinajstić information content (AvgIpc) is 3.06. The van der Waals surface area contributed by atoms with Crippen LogP contribution in [0.25, 0.3) is 16.8 Å². The Bertz CT molecular complexity index is 982. The van der Waals surface area contributed by atoms with Gasteiger partial charge in [-0.25, -0.2) is 0 Å². The van der Waals surface area contributed by atoms with E-state index in [1.165, 1.54) is 16.6 Å². The molecule has 27 heavy (non-hydrogen) atoms. The molecule has 1 aliphatic heterocycles. The SMILES string of the molecule is COc1ccc(/C=C/CN2c3cc(N)c4ccccc4c3CC2CCl)cc1. The Morgan fingerprint density at radius 1 is 1.15 bits per heavy atom. The zero-order valence-electron chi connectivity index (χ0n) is 15.4. The summed E-state index contributed by atoms with van der Waals surface area (Å²) in [6.45, 7) is 0.800. The molecule has 3 aromatic rings. The Labute approximate surface area is 165 Å². The first kappa shape index (κ1) is 17.7. The molecule has 2 N–H and O–H groups in total. The molecule has 138 valence electrons. The van der Waals surface area contributed by atoms with Crippen LogP contribution in [0.4, 0.5) is 11.4 Å². The zero-order chi connectivity index (χ0) is 18.8. The molecule has 0 fully saturated rings. The molecular formula is C23H23ClN2O. The molecule has 1 unspecified atom stereocenters. The zero-order valence-corrected chi connectivity index (χ0v) is 16.1. The molecule has 1 heterocycles. The van der Waals surface area contributed by atoms with E-state index >= 15 is 0 Å². The predicted molar refractivity (Wildman–Crippen MR) is 116 cm³/mol. The number of alkyl halides is 1. The third-order valence-electron chi connectivity index (χ3n) is 5.26. The first-order chi connectivity index (χ1) is 13.2.